The Labute approximate surface area is 149 Å². The van der Waals surface area contributed by atoms with Crippen LogP contribution in [0.1, 0.15) is 61.3 Å². The first kappa shape index (κ1) is 18.1. The number of benzene rings is 1. The van der Waals surface area contributed by atoms with Gasteiger partial charge in [0, 0.05) is 24.1 Å². The molecule has 1 aliphatic heterocycles. The number of aromatic hydroxyl groups is 1. The first-order valence-corrected chi connectivity index (χ1v) is 9.30. The van der Waals surface area contributed by atoms with E-state index in [0.29, 0.717) is 12.2 Å². The second-order valence-corrected chi connectivity index (χ2v) is 7.95. The van der Waals surface area contributed by atoms with E-state index in [1.807, 2.05) is 27.7 Å². The van der Waals surface area contributed by atoms with Gasteiger partial charge in [0.15, 0.2) is 5.60 Å². The molecule has 25 heavy (non-hydrogen) atoms. The molecule has 3 rings (SSSR count). The number of amides is 1. The topological polar surface area (TPSA) is 84.6 Å². The minimum atomic E-state index is -0.868. The predicted molar refractivity (Wildman–Crippen MR) is 98.0 cm³/mol. The quantitative estimate of drug-likeness (QED) is 0.769. The van der Waals surface area contributed by atoms with Gasteiger partial charge < -0.3 is 20.9 Å². The number of hydrogen-bond donors (Lipinski definition) is 3. The van der Waals surface area contributed by atoms with Gasteiger partial charge in [-0.3, -0.25) is 4.79 Å². The average Bonchev–Trinajstić information content (AvgIpc) is 2.60. The Balaban J connectivity index is 1.80. The summed E-state index contributed by atoms with van der Waals surface area (Å²) in [5, 5.41) is 13.4. The fourth-order valence-corrected chi connectivity index (χ4v) is 4.01. The van der Waals surface area contributed by atoms with Crippen LogP contribution in [0.2, 0.25) is 0 Å². The van der Waals surface area contributed by atoms with Crippen LogP contribution in [0, 0.1) is 20.8 Å². The number of phenolic OH excluding ortho intramolecular Hbond substituents is 1. The third-order valence-electron chi connectivity index (χ3n) is 6.11. The molecule has 1 amide bonds. The summed E-state index contributed by atoms with van der Waals surface area (Å²) < 4.78 is 6.24. The lowest BCUT2D eigenvalue weighted by molar-refractivity contribution is -0.138. The van der Waals surface area contributed by atoms with E-state index >= 15 is 0 Å². The third-order valence-corrected chi connectivity index (χ3v) is 6.11. The van der Waals surface area contributed by atoms with Crippen molar-refractivity contribution in [2.24, 2.45) is 5.73 Å². The summed E-state index contributed by atoms with van der Waals surface area (Å²) in [7, 11) is 0. The highest BCUT2D eigenvalue weighted by molar-refractivity contribution is 5.86. The molecule has 4 N–H and O–H groups in total. The van der Waals surface area contributed by atoms with Gasteiger partial charge in [-0.1, -0.05) is 0 Å². The van der Waals surface area contributed by atoms with Gasteiger partial charge in [-0.15, -0.1) is 0 Å². The molecule has 0 radical (unpaired) electrons. The molecule has 5 nitrogen and oxygen atoms in total. The largest absolute Gasteiger partial charge is 0.507 e. The van der Waals surface area contributed by atoms with Crippen molar-refractivity contribution in [1.82, 2.24) is 5.32 Å². The maximum Gasteiger partial charge on any atom is 0.264 e. The summed E-state index contributed by atoms with van der Waals surface area (Å²) in [4.78, 5) is 12.9. The summed E-state index contributed by atoms with van der Waals surface area (Å²) in [6.45, 7) is 7.62. The highest BCUT2D eigenvalue weighted by atomic mass is 16.5. The summed E-state index contributed by atoms with van der Waals surface area (Å²) in [6, 6.07) is 0.460. The van der Waals surface area contributed by atoms with E-state index in [1.54, 1.807) is 0 Å². The molecule has 0 aromatic heterocycles. The molecule has 5 heteroatoms. The highest BCUT2D eigenvalue weighted by Gasteiger charge is 2.41. The van der Waals surface area contributed by atoms with Crippen LogP contribution in [-0.2, 0) is 11.2 Å². The molecule has 1 fully saturated rings. The molecule has 1 aliphatic carbocycles. The Hall–Kier alpha value is -1.75. The second-order valence-electron chi connectivity index (χ2n) is 7.95. The minimum absolute atomic E-state index is 0.0404. The number of fused-ring (bicyclic) bond motifs is 1. The molecule has 1 saturated carbocycles. The lowest BCUT2D eigenvalue weighted by Gasteiger charge is -2.38. The van der Waals surface area contributed by atoms with E-state index < -0.39 is 5.60 Å². The van der Waals surface area contributed by atoms with Crippen molar-refractivity contribution < 1.29 is 14.6 Å². The Morgan fingerprint density at radius 2 is 1.80 bits per heavy atom. The SMILES string of the molecule is Cc1c(C)c2c(c(C)c1O)CC[C@](C)(C(=O)NC1CCC(N)CC1)O2. The molecule has 1 aromatic carbocycles. The third kappa shape index (κ3) is 3.22. The zero-order valence-corrected chi connectivity index (χ0v) is 15.7. The lowest BCUT2D eigenvalue weighted by Crippen LogP contribution is -2.54. The number of nitrogens with one attached hydrogen (secondary N) is 1. The van der Waals surface area contributed by atoms with E-state index in [2.05, 4.69) is 5.32 Å². The van der Waals surface area contributed by atoms with Crippen molar-refractivity contribution in [2.45, 2.75) is 83.9 Å². The molecule has 0 bridgehead atoms. The van der Waals surface area contributed by atoms with Gasteiger partial charge in [0.05, 0.1) is 0 Å². The van der Waals surface area contributed by atoms with E-state index in [9.17, 15) is 9.90 Å². The summed E-state index contributed by atoms with van der Waals surface area (Å²) in [5.41, 5.74) is 8.71. The standard InChI is InChI=1S/C20H30N2O3/c1-11-12(2)18-16(13(3)17(11)23)9-10-20(4,25-18)19(24)22-15-7-5-14(21)6-8-15/h14-15,23H,5-10,21H2,1-4H3,(H,22,24)/t14?,15?,20-/m1/s1. The van der Waals surface area contributed by atoms with Crippen LogP contribution < -0.4 is 15.8 Å². The predicted octanol–water partition coefficient (Wildman–Crippen LogP) is 2.79. The molecule has 1 atom stereocenters. The molecule has 138 valence electrons. The highest BCUT2D eigenvalue weighted by Crippen LogP contribution is 2.43. The number of carbonyl (C=O) groups excluding carboxylic acids is 1. The summed E-state index contributed by atoms with van der Waals surface area (Å²) in [6.07, 6.45) is 5.13. The van der Waals surface area contributed by atoms with Crippen LogP contribution in [0.3, 0.4) is 0 Å². The molecule has 1 heterocycles. The smallest absolute Gasteiger partial charge is 0.264 e. The van der Waals surface area contributed by atoms with Gasteiger partial charge in [0.25, 0.3) is 5.91 Å². The normalized spacial score (nSPS) is 28.8. The van der Waals surface area contributed by atoms with E-state index in [0.717, 1.165) is 60.1 Å². The summed E-state index contributed by atoms with van der Waals surface area (Å²) in [5.74, 6) is 1.07. The number of rotatable bonds is 2. The van der Waals surface area contributed by atoms with Crippen molar-refractivity contribution in [1.29, 1.82) is 0 Å². The van der Waals surface area contributed by atoms with Crippen molar-refractivity contribution >= 4 is 5.91 Å². The van der Waals surface area contributed by atoms with Crippen molar-refractivity contribution in [3.05, 3.63) is 22.3 Å². The maximum absolute atomic E-state index is 12.9. The van der Waals surface area contributed by atoms with E-state index in [1.165, 1.54) is 0 Å². The van der Waals surface area contributed by atoms with E-state index in [-0.39, 0.29) is 18.0 Å². The Bertz CT molecular complexity index is 693. The van der Waals surface area contributed by atoms with Gasteiger partial charge in [-0.05, 0) is 76.5 Å². The zero-order valence-electron chi connectivity index (χ0n) is 15.7. The number of ether oxygens (including phenoxy) is 1. The summed E-state index contributed by atoms with van der Waals surface area (Å²) >= 11 is 0. The fraction of sp³-hybridized carbons (Fsp3) is 0.650. The van der Waals surface area contributed by atoms with Gasteiger partial charge in [0.2, 0.25) is 0 Å². The van der Waals surface area contributed by atoms with Crippen LogP contribution >= 0.6 is 0 Å². The first-order valence-electron chi connectivity index (χ1n) is 9.30. The molecule has 0 spiro atoms. The van der Waals surface area contributed by atoms with Crippen LogP contribution in [0.25, 0.3) is 0 Å². The average molecular weight is 346 g/mol. The van der Waals surface area contributed by atoms with Crippen LogP contribution in [0.15, 0.2) is 0 Å². The number of nitrogens with two attached hydrogens (primary N) is 1. The van der Waals surface area contributed by atoms with Gasteiger partial charge in [-0.2, -0.15) is 0 Å². The van der Waals surface area contributed by atoms with Crippen molar-refractivity contribution in [2.75, 3.05) is 0 Å². The zero-order chi connectivity index (χ0) is 18.4. The molecular weight excluding hydrogens is 316 g/mol. The maximum atomic E-state index is 12.9. The lowest BCUT2D eigenvalue weighted by atomic mass is 9.86. The molecule has 0 unspecified atom stereocenters. The molecular formula is C20H30N2O3. The number of phenols is 1. The minimum Gasteiger partial charge on any atom is -0.507 e. The fourth-order valence-electron chi connectivity index (χ4n) is 4.01. The van der Waals surface area contributed by atoms with E-state index in [4.69, 9.17) is 10.5 Å². The van der Waals surface area contributed by atoms with Gasteiger partial charge in [-0.25, -0.2) is 0 Å². The van der Waals surface area contributed by atoms with Gasteiger partial charge >= 0.3 is 0 Å². The second kappa shape index (κ2) is 6.52. The van der Waals surface area contributed by atoms with Crippen molar-refractivity contribution in [3.8, 4) is 11.5 Å². The monoisotopic (exact) mass is 346 g/mol. The van der Waals surface area contributed by atoms with Crippen molar-refractivity contribution in [3.63, 3.8) is 0 Å². The molecule has 2 aliphatic rings. The number of carbonyl (C=O) groups is 1. The Kier molecular flexibility index (Phi) is 4.71. The van der Waals surface area contributed by atoms with Crippen LogP contribution in [-0.4, -0.2) is 28.7 Å². The number of hydrogen-bond acceptors (Lipinski definition) is 4. The van der Waals surface area contributed by atoms with Crippen LogP contribution in [0.5, 0.6) is 11.5 Å². The molecule has 0 saturated heterocycles. The Morgan fingerprint density at radius 3 is 2.44 bits per heavy atom. The first-order chi connectivity index (χ1) is 11.7. The van der Waals surface area contributed by atoms with Crippen LogP contribution in [0.4, 0.5) is 0 Å². The van der Waals surface area contributed by atoms with Gasteiger partial charge in [0.1, 0.15) is 11.5 Å². The Morgan fingerprint density at radius 1 is 1.16 bits per heavy atom. The molecule has 1 aromatic rings.